The average molecular weight is 265 g/mol. The maximum Gasteiger partial charge on any atom is 0.0244 e. The normalized spacial score (nSPS) is 24.1. The van der Waals surface area contributed by atoms with Crippen molar-refractivity contribution in [2.75, 3.05) is 0 Å². The number of hydrogen-bond acceptors (Lipinski definition) is 1. The van der Waals surface area contributed by atoms with Crippen LogP contribution in [0.2, 0.25) is 0 Å². The third-order valence-corrected chi connectivity index (χ3v) is 4.48. The topological polar surface area (TPSA) is 26.0 Å². The molecular formula is C19H23N. The van der Waals surface area contributed by atoms with Gasteiger partial charge in [-0.05, 0) is 41.4 Å². The van der Waals surface area contributed by atoms with E-state index < -0.39 is 0 Å². The predicted molar refractivity (Wildman–Crippen MR) is 84.9 cm³/mol. The number of nitrogens with two attached hydrogens (primary N) is 1. The van der Waals surface area contributed by atoms with E-state index in [1.165, 1.54) is 16.7 Å². The summed E-state index contributed by atoms with van der Waals surface area (Å²) in [6.07, 6.45) is 2.96. The summed E-state index contributed by atoms with van der Waals surface area (Å²) in [6.45, 7) is 4.63. The second kappa shape index (κ2) is 4.75. The Balaban J connectivity index is 1.93. The zero-order chi connectivity index (χ0) is 14.2. The van der Waals surface area contributed by atoms with Crippen molar-refractivity contribution < 1.29 is 0 Å². The zero-order valence-corrected chi connectivity index (χ0v) is 12.4. The van der Waals surface area contributed by atoms with Crippen LogP contribution in [-0.2, 0) is 18.3 Å². The molecule has 0 saturated carbocycles. The minimum atomic E-state index is -0.140. The van der Waals surface area contributed by atoms with Crippen molar-refractivity contribution in [1.82, 2.24) is 0 Å². The standard InChI is InChI=1S/C19H23N/c1-18(2)14-19(20,12-15-8-4-3-5-9-15)13-16-10-6-7-11-17(16)18/h3-11H,12-14,20H2,1-2H3. The molecule has 104 valence electrons. The lowest BCUT2D eigenvalue weighted by atomic mass is 9.64. The molecule has 0 radical (unpaired) electrons. The van der Waals surface area contributed by atoms with E-state index >= 15 is 0 Å². The number of hydrogen-bond donors (Lipinski definition) is 1. The lowest BCUT2D eigenvalue weighted by molar-refractivity contribution is 0.276. The maximum absolute atomic E-state index is 6.78. The second-order valence-electron chi connectivity index (χ2n) is 6.92. The minimum Gasteiger partial charge on any atom is -0.324 e. The van der Waals surface area contributed by atoms with Gasteiger partial charge in [0.05, 0.1) is 0 Å². The summed E-state index contributed by atoms with van der Waals surface area (Å²) in [6, 6.07) is 19.4. The molecule has 1 unspecified atom stereocenters. The van der Waals surface area contributed by atoms with Crippen molar-refractivity contribution in [2.45, 2.75) is 44.1 Å². The quantitative estimate of drug-likeness (QED) is 0.877. The van der Waals surface area contributed by atoms with Crippen LogP contribution >= 0.6 is 0 Å². The van der Waals surface area contributed by atoms with Crippen LogP contribution < -0.4 is 5.73 Å². The Kier molecular flexibility index (Phi) is 3.18. The van der Waals surface area contributed by atoms with Crippen molar-refractivity contribution in [2.24, 2.45) is 5.73 Å². The molecule has 0 amide bonds. The second-order valence-corrected chi connectivity index (χ2v) is 6.92. The summed E-state index contributed by atoms with van der Waals surface area (Å²) in [4.78, 5) is 0. The molecule has 0 saturated heterocycles. The Morgan fingerprint density at radius 3 is 2.35 bits per heavy atom. The molecular weight excluding hydrogens is 242 g/mol. The third-order valence-electron chi connectivity index (χ3n) is 4.48. The molecule has 1 aliphatic carbocycles. The van der Waals surface area contributed by atoms with Gasteiger partial charge in [-0.2, -0.15) is 0 Å². The van der Waals surface area contributed by atoms with E-state index in [0.717, 1.165) is 19.3 Å². The highest BCUT2D eigenvalue weighted by molar-refractivity contribution is 5.39. The van der Waals surface area contributed by atoms with Gasteiger partial charge < -0.3 is 5.73 Å². The molecule has 2 aromatic carbocycles. The van der Waals surface area contributed by atoms with Crippen molar-refractivity contribution in [3.63, 3.8) is 0 Å². The molecule has 2 aromatic rings. The first-order valence-electron chi connectivity index (χ1n) is 7.40. The Morgan fingerprint density at radius 2 is 1.60 bits per heavy atom. The van der Waals surface area contributed by atoms with Gasteiger partial charge in [0.25, 0.3) is 0 Å². The minimum absolute atomic E-state index is 0.140. The van der Waals surface area contributed by atoms with Crippen molar-refractivity contribution in [3.8, 4) is 0 Å². The van der Waals surface area contributed by atoms with Crippen molar-refractivity contribution in [3.05, 3.63) is 71.3 Å². The fraction of sp³-hybridized carbons (Fsp3) is 0.368. The fourth-order valence-electron chi connectivity index (χ4n) is 3.88. The number of benzene rings is 2. The fourth-order valence-corrected chi connectivity index (χ4v) is 3.88. The van der Waals surface area contributed by atoms with Gasteiger partial charge in [-0.25, -0.2) is 0 Å². The molecule has 0 fully saturated rings. The molecule has 0 spiro atoms. The van der Waals surface area contributed by atoms with Crippen LogP contribution in [0.4, 0.5) is 0 Å². The lowest BCUT2D eigenvalue weighted by Gasteiger charge is -2.44. The molecule has 2 N–H and O–H groups in total. The average Bonchev–Trinajstić information content (AvgIpc) is 2.38. The highest BCUT2D eigenvalue weighted by atomic mass is 14.8. The van der Waals surface area contributed by atoms with E-state index in [0.29, 0.717) is 0 Å². The highest BCUT2D eigenvalue weighted by Crippen LogP contribution is 2.41. The lowest BCUT2D eigenvalue weighted by Crippen LogP contribution is -2.52. The molecule has 1 heteroatoms. The van der Waals surface area contributed by atoms with Gasteiger partial charge in [-0.3, -0.25) is 0 Å². The monoisotopic (exact) mass is 265 g/mol. The van der Waals surface area contributed by atoms with E-state index in [1.54, 1.807) is 0 Å². The van der Waals surface area contributed by atoms with Crippen LogP contribution in [0, 0.1) is 0 Å². The molecule has 20 heavy (non-hydrogen) atoms. The van der Waals surface area contributed by atoms with Crippen molar-refractivity contribution >= 4 is 0 Å². The van der Waals surface area contributed by atoms with Crippen LogP contribution in [-0.4, -0.2) is 5.54 Å². The molecule has 3 rings (SSSR count). The first kappa shape index (κ1) is 13.4. The summed E-state index contributed by atoms with van der Waals surface area (Å²) in [7, 11) is 0. The van der Waals surface area contributed by atoms with E-state index in [4.69, 9.17) is 5.73 Å². The van der Waals surface area contributed by atoms with Crippen LogP contribution in [0.25, 0.3) is 0 Å². The van der Waals surface area contributed by atoms with E-state index in [9.17, 15) is 0 Å². The van der Waals surface area contributed by atoms with Crippen LogP contribution in [0.5, 0.6) is 0 Å². The number of fused-ring (bicyclic) bond motifs is 1. The summed E-state index contributed by atoms with van der Waals surface area (Å²) >= 11 is 0. The predicted octanol–water partition coefficient (Wildman–Crippen LogP) is 3.85. The smallest absolute Gasteiger partial charge is 0.0244 e. The van der Waals surface area contributed by atoms with Crippen LogP contribution in [0.1, 0.15) is 37.0 Å². The van der Waals surface area contributed by atoms with Crippen LogP contribution in [0.3, 0.4) is 0 Å². The molecule has 1 atom stereocenters. The molecule has 1 nitrogen and oxygen atoms in total. The van der Waals surface area contributed by atoms with Gasteiger partial charge in [0.15, 0.2) is 0 Å². The van der Waals surface area contributed by atoms with E-state index in [2.05, 4.69) is 68.4 Å². The maximum atomic E-state index is 6.78. The van der Waals surface area contributed by atoms with Crippen molar-refractivity contribution in [1.29, 1.82) is 0 Å². The molecule has 1 aliphatic rings. The molecule has 0 heterocycles. The first-order chi connectivity index (χ1) is 9.49. The zero-order valence-electron chi connectivity index (χ0n) is 12.4. The first-order valence-corrected chi connectivity index (χ1v) is 7.40. The van der Waals surface area contributed by atoms with Gasteiger partial charge in [-0.1, -0.05) is 68.4 Å². The Labute approximate surface area is 121 Å². The molecule has 0 aliphatic heterocycles. The van der Waals surface area contributed by atoms with E-state index in [1.807, 2.05) is 0 Å². The Hall–Kier alpha value is -1.60. The van der Waals surface area contributed by atoms with Crippen LogP contribution in [0.15, 0.2) is 54.6 Å². The Bertz CT molecular complexity index is 600. The summed E-state index contributed by atoms with van der Waals surface area (Å²) in [5, 5.41) is 0. The van der Waals surface area contributed by atoms with Gasteiger partial charge >= 0.3 is 0 Å². The van der Waals surface area contributed by atoms with Gasteiger partial charge in [-0.15, -0.1) is 0 Å². The van der Waals surface area contributed by atoms with E-state index in [-0.39, 0.29) is 11.0 Å². The summed E-state index contributed by atoms with van der Waals surface area (Å²) in [5.41, 5.74) is 11.0. The summed E-state index contributed by atoms with van der Waals surface area (Å²) in [5.74, 6) is 0. The molecule has 0 aromatic heterocycles. The van der Waals surface area contributed by atoms with Gasteiger partial charge in [0, 0.05) is 5.54 Å². The summed E-state index contributed by atoms with van der Waals surface area (Å²) < 4.78 is 0. The third kappa shape index (κ3) is 2.51. The number of rotatable bonds is 2. The Morgan fingerprint density at radius 1 is 0.950 bits per heavy atom. The van der Waals surface area contributed by atoms with Gasteiger partial charge in [0.1, 0.15) is 0 Å². The SMILES string of the molecule is CC1(C)CC(N)(Cc2ccccc2)Cc2ccccc21. The highest BCUT2D eigenvalue weighted by Gasteiger charge is 2.40. The largest absolute Gasteiger partial charge is 0.324 e. The molecule has 0 bridgehead atoms. The van der Waals surface area contributed by atoms with Gasteiger partial charge in [0.2, 0.25) is 0 Å².